The molecule has 1 unspecified atom stereocenters. The lowest BCUT2D eigenvalue weighted by Gasteiger charge is -2.30. The van der Waals surface area contributed by atoms with Crippen LogP contribution in [0.1, 0.15) is 17.6 Å². The van der Waals surface area contributed by atoms with Gasteiger partial charge in [0.15, 0.2) is 5.82 Å². The topological polar surface area (TPSA) is 102 Å². The maximum absolute atomic E-state index is 12.5. The second-order valence-corrected chi connectivity index (χ2v) is 6.03. The number of furan rings is 1. The van der Waals surface area contributed by atoms with Crippen LogP contribution in [-0.4, -0.2) is 51.3 Å². The van der Waals surface area contributed by atoms with Crippen molar-refractivity contribution in [1.29, 1.82) is 0 Å². The van der Waals surface area contributed by atoms with Crippen LogP contribution in [-0.2, 0) is 7.05 Å². The number of rotatable bonds is 2. The van der Waals surface area contributed by atoms with E-state index in [-0.39, 0.29) is 35.6 Å². The van der Waals surface area contributed by atoms with Crippen molar-refractivity contribution in [2.45, 2.75) is 13.0 Å². The Kier molecular flexibility index (Phi) is 4.63. The Balaban J connectivity index is 0.00000182. The van der Waals surface area contributed by atoms with Gasteiger partial charge in [-0.05, 0) is 14.0 Å². The van der Waals surface area contributed by atoms with Crippen molar-refractivity contribution in [2.24, 2.45) is 7.05 Å². The quantitative estimate of drug-likeness (QED) is 0.713. The summed E-state index contributed by atoms with van der Waals surface area (Å²) in [4.78, 5) is 23.3. The van der Waals surface area contributed by atoms with Crippen LogP contribution < -0.4 is 10.9 Å². The van der Waals surface area contributed by atoms with Gasteiger partial charge in [-0.3, -0.25) is 9.69 Å². The number of likely N-dealkylation sites (N-methyl/N-ethyl adjacent to an activating group) is 1. The molecule has 0 radical (unpaired) electrons. The molecule has 1 atom stereocenters. The molecule has 3 aromatic heterocycles. The third-order valence-corrected chi connectivity index (χ3v) is 4.41. The molecule has 0 amide bonds. The number of aryl methyl sites for hydroxylation is 2. The van der Waals surface area contributed by atoms with E-state index >= 15 is 0 Å². The van der Waals surface area contributed by atoms with Crippen LogP contribution in [0.5, 0.6) is 0 Å². The first kappa shape index (κ1) is 17.6. The fraction of sp³-hybridized carbons (Fsp3) is 0.467. The van der Waals surface area contributed by atoms with Gasteiger partial charge in [-0.15, -0.1) is 12.4 Å². The van der Waals surface area contributed by atoms with Gasteiger partial charge in [-0.25, -0.2) is 4.98 Å². The van der Waals surface area contributed by atoms with Crippen LogP contribution in [0.25, 0.3) is 22.6 Å². The maximum Gasteiger partial charge on any atom is 0.265 e. The molecular weight excluding hydrogens is 348 g/mol. The highest BCUT2D eigenvalue weighted by molar-refractivity contribution is 5.90. The number of piperazine rings is 1. The molecule has 1 fully saturated rings. The van der Waals surface area contributed by atoms with Gasteiger partial charge in [0, 0.05) is 26.7 Å². The molecule has 9 nitrogen and oxygen atoms in total. The van der Waals surface area contributed by atoms with Crippen molar-refractivity contribution in [3.8, 4) is 11.5 Å². The first-order valence-electron chi connectivity index (χ1n) is 7.76. The van der Waals surface area contributed by atoms with Gasteiger partial charge in [0.1, 0.15) is 17.5 Å². The van der Waals surface area contributed by atoms with Crippen molar-refractivity contribution in [2.75, 3.05) is 26.7 Å². The lowest BCUT2D eigenvalue weighted by atomic mass is 10.2. The Hall–Kier alpha value is -2.23. The van der Waals surface area contributed by atoms with Gasteiger partial charge in [0.2, 0.25) is 5.71 Å². The molecule has 1 N–H and O–H groups in total. The Morgan fingerprint density at radius 2 is 2.16 bits per heavy atom. The molecule has 0 aliphatic carbocycles. The van der Waals surface area contributed by atoms with E-state index < -0.39 is 0 Å². The van der Waals surface area contributed by atoms with E-state index in [9.17, 15) is 4.79 Å². The number of hydrogen-bond donors (Lipinski definition) is 1. The molecule has 1 saturated heterocycles. The largest absolute Gasteiger partial charge is 0.442 e. The van der Waals surface area contributed by atoms with E-state index in [1.165, 1.54) is 10.9 Å². The fourth-order valence-corrected chi connectivity index (χ4v) is 3.01. The number of nitrogens with one attached hydrogen (secondary N) is 1. The normalized spacial score (nSPS) is 18.4. The van der Waals surface area contributed by atoms with Gasteiger partial charge < -0.3 is 18.8 Å². The van der Waals surface area contributed by atoms with Crippen LogP contribution in [0.15, 0.2) is 20.1 Å². The molecule has 0 bridgehead atoms. The van der Waals surface area contributed by atoms with E-state index in [1.54, 1.807) is 14.0 Å². The molecule has 0 saturated carbocycles. The second-order valence-electron chi connectivity index (χ2n) is 6.03. The van der Waals surface area contributed by atoms with Gasteiger partial charge in [-0.2, -0.15) is 4.98 Å². The monoisotopic (exact) mass is 366 g/mol. The Morgan fingerprint density at radius 1 is 1.36 bits per heavy atom. The Bertz CT molecular complexity index is 962. The van der Waals surface area contributed by atoms with E-state index in [4.69, 9.17) is 8.94 Å². The predicted molar refractivity (Wildman–Crippen MR) is 92.8 cm³/mol. The number of aromatic nitrogens is 4. The van der Waals surface area contributed by atoms with Crippen LogP contribution in [0, 0.1) is 6.92 Å². The summed E-state index contributed by atoms with van der Waals surface area (Å²) in [5.41, 5.74) is 0.591. The zero-order valence-electron chi connectivity index (χ0n) is 14.1. The second kappa shape index (κ2) is 6.58. The molecule has 3 aromatic rings. The third-order valence-electron chi connectivity index (χ3n) is 4.41. The highest BCUT2D eigenvalue weighted by Crippen LogP contribution is 2.31. The van der Waals surface area contributed by atoms with Crippen molar-refractivity contribution in [3.63, 3.8) is 0 Å². The number of halogens is 1. The summed E-state index contributed by atoms with van der Waals surface area (Å²) in [7, 11) is 3.67. The zero-order valence-corrected chi connectivity index (χ0v) is 15.0. The highest BCUT2D eigenvalue weighted by Gasteiger charge is 2.28. The van der Waals surface area contributed by atoms with Gasteiger partial charge >= 0.3 is 0 Å². The number of hydrogen-bond acceptors (Lipinski definition) is 8. The summed E-state index contributed by atoms with van der Waals surface area (Å²) in [6.45, 7) is 4.36. The summed E-state index contributed by atoms with van der Waals surface area (Å²) in [5, 5.41) is 7.79. The van der Waals surface area contributed by atoms with Gasteiger partial charge in [-0.1, -0.05) is 5.16 Å². The summed E-state index contributed by atoms with van der Waals surface area (Å²) in [5.74, 6) is 1.41. The smallest absolute Gasteiger partial charge is 0.265 e. The molecule has 10 heteroatoms. The zero-order chi connectivity index (χ0) is 16.8. The van der Waals surface area contributed by atoms with Crippen LogP contribution >= 0.6 is 12.4 Å². The van der Waals surface area contributed by atoms with Crippen LogP contribution in [0.4, 0.5) is 0 Å². The molecule has 134 valence electrons. The number of fused-ring (bicyclic) bond motifs is 1. The average molecular weight is 367 g/mol. The molecule has 4 heterocycles. The minimum atomic E-state index is -0.206. The van der Waals surface area contributed by atoms with Crippen molar-refractivity contribution in [1.82, 2.24) is 29.9 Å². The van der Waals surface area contributed by atoms with Crippen molar-refractivity contribution >= 4 is 23.5 Å². The van der Waals surface area contributed by atoms with Gasteiger partial charge in [0.05, 0.1) is 11.6 Å². The minimum Gasteiger partial charge on any atom is -0.442 e. The van der Waals surface area contributed by atoms with Crippen LogP contribution in [0.3, 0.4) is 0 Å². The Labute approximate surface area is 149 Å². The van der Waals surface area contributed by atoms with Crippen molar-refractivity contribution in [3.05, 3.63) is 28.3 Å². The van der Waals surface area contributed by atoms with Crippen LogP contribution in [0.2, 0.25) is 0 Å². The molecule has 4 rings (SSSR count). The van der Waals surface area contributed by atoms with E-state index in [1.807, 2.05) is 7.05 Å². The molecule has 25 heavy (non-hydrogen) atoms. The molecular formula is C15H19ClN6O3. The Morgan fingerprint density at radius 3 is 2.92 bits per heavy atom. The lowest BCUT2D eigenvalue weighted by molar-refractivity contribution is 0.190. The van der Waals surface area contributed by atoms with E-state index in [0.717, 1.165) is 19.6 Å². The summed E-state index contributed by atoms with van der Waals surface area (Å²) < 4.78 is 12.4. The molecule has 0 aromatic carbocycles. The number of nitrogens with zero attached hydrogens (tertiary/aromatic N) is 5. The summed E-state index contributed by atoms with van der Waals surface area (Å²) in [6, 6.07) is 0.0377. The third kappa shape index (κ3) is 2.84. The van der Waals surface area contributed by atoms with Crippen molar-refractivity contribution < 1.29 is 8.94 Å². The standard InChI is InChI=1S/C15H18N6O3.ClH/c1-8-10(11-13(23-8)17-7-21(3)15(11)22)14-18-12(19-24-14)9-6-16-4-5-20(9)2;/h7,9,16H,4-6H2,1-3H3;1H. The first-order valence-corrected chi connectivity index (χ1v) is 7.76. The molecule has 1 aliphatic heterocycles. The van der Waals surface area contributed by atoms with E-state index in [2.05, 4.69) is 25.3 Å². The maximum atomic E-state index is 12.5. The molecule has 1 aliphatic rings. The summed E-state index contributed by atoms with van der Waals surface area (Å²) in [6.07, 6.45) is 1.43. The first-order chi connectivity index (χ1) is 11.6. The average Bonchev–Trinajstić information content (AvgIpc) is 3.15. The molecule has 0 spiro atoms. The SMILES string of the molecule is Cc1oc2ncn(C)c(=O)c2c1-c1nc(C2CNCCN2C)no1.Cl. The summed E-state index contributed by atoms with van der Waals surface area (Å²) >= 11 is 0. The lowest BCUT2D eigenvalue weighted by Crippen LogP contribution is -2.44. The predicted octanol–water partition coefficient (Wildman–Crippen LogP) is 0.883. The highest BCUT2D eigenvalue weighted by atomic mass is 35.5. The van der Waals surface area contributed by atoms with Gasteiger partial charge in [0.25, 0.3) is 11.4 Å². The van der Waals surface area contributed by atoms with E-state index in [0.29, 0.717) is 22.5 Å². The minimum absolute atomic E-state index is 0. The fourth-order valence-electron chi connectivity index (χ4n) is 3.01.